The molecular weight excluding hydrogens is 401 g/mol. The van der Waals surface area contributed by atoms with Gasteiger partial charge in [-0.2, -0.15) is 5.10 Å². The van der Waals surface area contributed by atoms with Crippen LogP contribution in [0.2, 0.25) is 5.02 Å². The molecular formula is C19H13ClFN5OS. The Kier molecular flexibility index (Phi) is 4.97. The monoisotopic (exact) mass is 413 g/mol. The first-order valence-electron chi connectivity index (χ1n) is 8.26. The molecule has 9 heteroatoms. The summed E-state index contributed by atoms with van der Waals surface area (Å²) in [5, 5.41) is 5.73. The largest absolute Gasteiger partial charge is 0.268 e. The molecule has 4 aromatic rings. The van der Waals surface area contributed by atoms with E-state index >= 15 is 0 Å². The van der Waals surface area contributed by atoms with Gasteiger partial charge in [-0.3, -0.25) is 14.8 Å². The van der Waals surface area contributed by atoms with Crippen LogP contribution in [0.5, 0.6) is 0 Å². The lowest BCUT2D eigenvalue weighted by atomic mass is 10.2. The van der Waals surface area contributed by atoms with Crippen LogP contribution in [0.4, 0.5) is 4.39 Å². The molecule has 6 nitrogen and oxygen atoms in total. The minimum absolute atomic E-state index is 0.125. The predicted octanol–water partition coefficient (Wildman–Crippen LogP) is 3.97. The van der Waals surface area contributed by atoms with Gasteiger partial charge in [-0.25, -0.2) is 14.1 Å². The zero-order valence-corrected chi connectivity index (χ0v) is 16.2. The molecule has 0 amide bonds. The highest BCUT2D eigenvalue weighted by Crippen LogP contribution is 2.34. The van der Waals surface area contributed by atoms with Crippen molar-refractivity contribution in [2.45, 2.75) is 13.5 Å². The van der Waals surface area contributed by atoms with Crippen LogP contribution in [-0.2, 0) is 6.54 Å². The van der Waals surface area contributed by atoms with Crippen molar-refractivity contribution in [3.8, 4) is 21.1 Å². The molecule has 28 heavy (non-hydrogen) atoms. The highest BCUT2D eigenvalue weighted by molar-refractivity contribution is 7.18. The van der Waals surface area contributed by atoms with Crippen LogP contribution >= 0.6 is 22.9 Å². The Balaban J connectivity index is 1.71. The summed E-state index contributed by atoms with van der Waals surface area (Å²) >= 11 is 7.45. The molecule has 0 aromatic carbocycles. The lowest BCUT2D eigenvalue weighted by Gasteiger charge is -2.06. The molecule has 0 N–H and O–H groups in total. The average molecular weight is 414 g/mol. The van der Waals surface area contributed by atoms with Crippen molar-refractivity contribution in [1.82, 2.24) is 24.7 Å². The molecule has 0 spiro atoms. The van der Waals surface area contributed by atoms with E-state index in [1.807, 2.05) is 6.92 Å². The maximum Gasteiger partial charge on any atom is 0.267 e. The van der Waals surface area contributed by atoms with Crippen LogP contribution < -0.4 is 5.56 Å². The fourth-order valence-corrected chi connectivity index (χ4v) is 3.87. The molecule has 0 bridgehead atoms. The average Bonchev–Trinajstić information content (AvgIpc) is 3.05. The number of aromatic nitrogens is 5. The lowest BCUT2D eigenvalue weighted by molar-refractivity contribution is 0.604. The third-order valence-corrected chi connectivity index (χ3v) is 5.38. The number of hydrogen-bond donors (Lipinski definition) is 0. The van der Waals surface area contributed by atoms with E-state index in [4.69, 9.17) is 11.6 Å². The van der Waals surface area contributed by atoms with Gasteiger partial charge in [0.25, 0.3) is 5.56 Å². The Morgan fingerprint density at radius 2 is 1.96 bits per heavy atom. The molecule has 0 atom stereocenters. The third-order valence-electron chi connectivity index (χ3n) is 3.94. The standard InChI is InChI=1S/C19H13ClFN5OS/c1-11-18(28-19(24-11)13-5-14(20)8-23-7-13)16-2-3-17(27)26(25-16)10-12-4-15(21)9-22-6-12/h2-9H,10H2,1H3. The van der Waals surface area contributed by atoms with Gasteiger partial charge in [-0.05, 0) is 30.7 Å². The highest BCUT2D eigenvalue weighted by Gasteiger charge is 2.14. The van der Waals surface area contributed by atoms with Gasteiger partial charge in [0.1, 0.15) is 16.5 Å². The molecule has 0 saturated carbocycles. The van der Waals surface area contributed by atoms with E-state index in [1.54, 1.807) is 24.5 Å². The van der Waals surface area contributed by atoms with Crippen LogP contribution in [0.1, 0.15) is 11.3 Å². The highest BCUT2D eigenvalue weighted by atomic mass is 35.5. The van der Waals surface area contributed by atoms with Crippen molar-refractivity contribution < 1.29 is 4.39 Å². The summed E-state index contributed by atoms with van der Waals surface area (Å²) in [5.74, 6) is -0.459. The van der Waals surface area contributed by atoms with Gasteiger partial charge >= 0.3 is 0 Å². The normalized spacial score (nSPS) is 11.0. The van der Waals surface area contributed by atoms with Gasteiger partial charge in [-0.15, -0.1) is 11.3 Å². The number of rotatable bonds is 4. The Hall–Kier alpha value is -2.97. The van der Waals surface area contributed by atoms with Crippen molar-refractivity contribution in [3.05, 3.63) is 81.5 Å². The summed E-state index contributed by atoms with van der Waals surface area (Å²) < 4.78 is 14.7. The third kappa shape index (κ3) is 3.83. The molecule has 4 rings (SSSR count). The van der Waals surface area contributed by atoms with Crippen LogP contribution in [0.3, 0.4) is 0 Å². The minimum Gasteiger partial charge on any atom is -0.268 e. The minimum atomic E-state index is -0.459. The number of hydrogen-bond acceptors (Lipinski definition) is 6. The molecule has 0 aliphatic rings. The maximum absolute atomic E-state index is 13.4. The van der Waals surface area contributed by atoms with E-state index in [9.17, 15) is 9.18 Å². The number of halogens is 2. The van der Waals surface area contributed by atoms with Crippen molar-refractivity contribution in [1.29, 1.82) is 0 Å². The van der Waals surface area contributed by atoms with Gasteiger partial charge in [0.15, 0.2) is 0 Å². The van der Waals surface area contributed by atoms with Gasteiger partial charge < -0.3 is 0 Å². The number of thiazole rings is 1. The maximum atomic E-state index is 13.4. The first kappa shape index (κ1) is 18.4. The van der Waals surface area contributed by atoms with Crippen LogP contribution in [0.15, 0.2) is 53.8 Å². The molecule has 0 aliphatic carbocycles. The fourth-order valence-electron chi connectivity index (χ4n) is 2.68. The molecule has 140 valence electrons. The van der Waals surface area contributed by atoms with Gasteiger partial charge in [0.2, 0.25) is 0 Å². The Morgan fingerprint density at radius 1 is 1.14 bits per heavy atom. The van der Waals surface area contributed by atoms with Crippen molar-refractivity contribution >= 4 is 22.9 Å². The quantitative estimate of drug-likeness (QED) is 0.506. The Bertz CT molecular complexity index is 1220. The van der Waals surface area contributed by atoms with Gasteiger partial charge in [0, 0.05) is 30.2 Å². The zero-order chi connectivity index (χ0) is 19.7. The Labute approximate surface area is 168 Å². The number of aryl methyl sites for hydroxylation is 1. The van der Waals surface area contributed by atoms with E-state index in [-0.39, 0.29) is 12.1 Å². The summed E-state index contributed by atoms with van der Waals surface area (Å²) in [5.41, 5.74) is 2.48. The van der Waals surface area contributed by atoms with Crippen LogP contribution in [-0.4, -0.2) is 24.7 Å². The summed E-state index contributed by atoms with van der Waals surface area (Å²) in [7, 11) is 0. The Morgan fingerprint density at radius 3 is 2.75 bits per heavy atom. The van der Waals surface area contributed by atoms with E-state index in [1.165, 1.54) is 34.3 Å². The van der Waals surface area contributed by atoms with Crippen molar-refractivity contribution in [2.24, 2.45) is 0 Å². The second kappa shape index (κ2) is 7.57. The molecule has 4 heterocycles. The van der Waals surface area contributed by atoms with Crippen molar-refractivity contribution in [3.63, 3.8) is 0 Å². The van der Waals surface area contributed by atoms with Gasteiger partial charge in [0.05, 0.1) is 28.3 Å². The SMILES string of the molecule is Cc1nc(-c2cncc(Cl)c2)sc1-c1ccc(=O)n(Cc2cncc(F)c2)n1. The van der Waals surface area contributed by atoms with E-state index in [0.29, 0.717) is 16.3 Å². The summed E-state index contributed by atoms with van der Waals surface area (Å²) in [6.45, 7) is 2.00. The van der Waals surface area contributed by atoms with E-state index in [0.717, 1.165) is 27.3 Å². The predicted molar refractivity (Wildman–Crippen MR) is 106 cm³/mol. The second-order valence-electron chi connectivity index (χ2n) is 6.05. The van der Waals surface area contributed by atoms with Crippen LogP contribution in [0, 0.1) is 12.7 Å². The molecule has 0 radical (unpaired) electrons. The van der Waals surface area contributed by atoms with Gasteiger partial charge in [-0.1, -0.05) is 11.6 Å². The first-order valence-corrected chi connectivity index (χ1v) is 9.45. The fraction of sp³-hybridized carbons (Fsp3) is 0.105. The summed E-state index contributed by atoms with van der Waals surface area (Å²) in [4.78, 5) is 25.5. The smallest absolute Gasteiger partial charge is 0.267 e. The molecule has 4 aromatic heterocycles. The molecule has 0 unspecified atom stereocenters. The molecule has 0 aliphatic heterocycles. The molecule has 0 fully saturated rings. The topological polar surface area (TPSA) is 73.6 Å². The number of nitrogens with zero attached hydrogens (tertiary/aromatic N) is 5. The summed E-state index contributed by atoms with van der Waals surface area (Å²) in [6.07, 6.45) is 5.87. The second-order valence-corrected chi connectivity index (χ2v) is 7.49. The lowest BCUT2D eigenvalue weighted by Crippen LogP contribution is -2.22. The first-order chi connectivity index (χ1) is 13.5. The zero-order valence-electron chi connectivity index (χ0n) is 14.6. The van der Waals surface area contributed by atoms with Crippen LogP contribution in [0.25, 0.3) is 21.1 Å². The molecule has 0 saturated heterocycles. The summed E-state index contributed by atoms with van der Waals surface area (Å²) in [6, 6.07) is 6.22. The van der Waals surface area contributed by atoms with E-state index in [2.05, 4.69) is 20.1 Å². The van der Waals surface area contributed by atoms with Crippen molar-refractivity contribution in [2.75, 3.05) is 0 Å². The number of pyridine rings is 2. The van der Waals surface area contributed by atoms with E-state index < -0.39 is 5.82 Å².